The quantitative estimate of drug-likeness (QED) is 0.713. The molecule has 2 saturated heterocycles. The molecule has 0 aromatic carbocycles. The molecule has 0 amide bonds. The molecule has 3 aromatic rings. The molecule has 2 aliphatic rings. The van der Waals surface area contributed by atoms with Crippen molar-refractivity contribution in [3.05, 3.63) is 36.0 Å². The monoisotopic (exact) mass is 350 g/mol. The average molecular weight is 350 g/mol. The van der Waals surface area contributed by atoms with Gasteiger partial charge in [0.05, 0.1) is 5.69 Å². The molecule has 26 heavy (non-hydrogen) atoms. The zero-order valence-corrected chi connectivity index (χ0v) is 14.9. The number of nitrogens with zero attached hydrogens (tertiary/aromatic N) is 8. The zero-order chi connectivity index (χ0) is 17.5. The topological polar surface area (TPSA) is 75.3 Å². The Morgan fingerprint density at radius 1 is 0.923 bits per heavy atom. The van der Waals surface area contributed by atoms with Crippen LogP contribution >= 0.6 is 0 Å². The lowest BCUT2D eigenvalue weighted by Gasteiger charge is -2.33. The summed E-state index contributed by atoms with van der Waals surface area (Å²) < 4.78 is 1.95. The third-order valence-electron chi connectivity index (χ3n) is 5.47. The maximum Gasteiger partial charge on any atom is 0.178 e. The lowest BCUT2D eigenvalue weighted by Crippen LogP contribution is -2.38. The van der Waals surface area contributed by atoms with Crippen LogP contribution in [0.15, 0.2) is 24.5 Å². The number of piperidine rings is 1. The van der Waals surface area contributed by atoms with E-state index in [0.29, 0.717) is 5.92 Å². The largest absolute Gasteiger partial charge is 0.355 e. The molecular weight excluding hydrogens is 328 g/mol. The zero-order valence-electron chi connectivity index (χ0n) is 14.9. The van der Waals surface area contributed by atoms with Gasteiger partial charge in [-0.2, -0.15) is 4.52 Å². The first-order chi connectivity index (χ1) is 12.8. The summed E-state index contributed by atoms with van der Waals surface area (Å²) in [6, 6.07) is 4.07. The molecule has 8 nitrogen and oxygen atoms in total. The highest BCUT2D eigenvalue weighted by atomic mass is 15.4. The molecule has 8 heteroatoms. The predicted octanol–water partition coefficient (Wildman–Crippen LogP) is 1.82. The van der Waals surface area contributed by atoms with E-state index in [4.69, 9.17) is 5.10 Å². The fourth-order valence-corrected chi connectivity index (χ4v) is 3.82. The molecule has 0 spiro atoms. The Morgan fingerprint density at radius 2 is 1.73 bits per heavy atom. The van der Waals surface area contributed by atoms with Crippen molar-refractivity contribution in [2.75, 3.05) is 36.0 Å². The van der Waals surface area contributed by atoms with Gasteiger partial charge in [0.2, 0.25) is 0 Å². The van der Waals surface area contributed by atoms with Crippen molar-refractivity contribution in [2.45, 2.75) is 32.1 Å². The van der Waals surface area contributed by atoms with Crippen LogP contribution in [0.3, 0.4) is 0 Å². The Bertz CT molecular complexity index is 924. The van der Waals surface area contributed by atoms with Crippen LogP contribution in [0.5, 0.6) is 0 Å². The van der Waals surface area contributed by atoms with Crippen LogP contribution in [0.25, 0.3) is 5.65 Å². The lowest BCUT2D eigenvalue weighted by molar-refractivity contribution is 0.473. The van der Waals surface area contributed by atoms with Crippen LogP contribution in [0.2, 0.25) is 0 Å². The van der Waals surface area contributed by atoms with E-state index < -0.39 is 0 Å². The van der Waals surface area contributed by atoms with Crippen molar-refractivity contribution in [3.63, 3.8) is 0 Å². The van der Waals surface area contributed by atoms with Gasteiger partial charge in [0, 0.05) is 44.5 Å². The minimum Gasteiger partial charge on any atom is -0.355 e. The van der Waals surface area contributed by atoms with Gasteiger partial charge in [0.15, 0.2) is 11.5 Å². The first-order valence-electron chi connectivity index (χ1n) is 9.29. The van der Waals surface area contributed by atoms with Gasteiger partial charge >= 0.3 is 0 Å². The predicted molar refractivity (Wildman–Crippen MR) is 98.6 cm³/mol. The average Bonchev–Trinajstić information content (AvgIpc) is 3.04. The van der Waals surface area contributed by atoms with Crippen molar-refractivity contribution in [3.8, 4) is 0 Å². The van der Waals surface area contributed by atoms with Gasteiger partial charge in [-0.25, -0.2) is 4.98 Å². The first kappa shape index (κ1) is 15.5. The van der Waals surface area contributed by atoms with E-state index >= 15 is 0 Å². The first-order valence-corrected chi connectivity index (χ1v) is 9.29. The van der Waals surface area contributed by atoms with Crippen LogP contribution in [0, 0.1) is 6.92 Å². The Balaban J connectivity index is 1.37. The second kappa shape index (κ2) is 6.19. The highest BCUT2D eigenvalue weighted by Crippen LogP contribution is 2.30. The third-order valence-corrected chi connectivity index (χ3v) is 5.47. The molecule has 0 radical (unpaired) electrons. The summed E-state index contributed by atoms with van der Waals surface area (Å²) in [7, 11) is 0. The van der Waals surface area contributed by atoms with E-state index in [2.05, 4.69) is 30.0 Å². The fraction of sp³-hybridized carbons (Fsp3) is 0.500. The van der Waals surface area contributed by atoms with Crippen LogP contribution in [-0.2, 0) is 0 Å². The smallest absolute Gasteiger partial charge is 0.178 e. The molecular formula is C18H22N8. The van der Waals surface area contributed by atoms with Gasteiger partial charge in [-0.1, -0.05) is 0 Å². The van der Waals surface area contributed by atoms with E-state index in [-0.39, 0.29) is 0 Å². The number of aromatic nitrogens is 6. The van der Waals surface area contributed by atoms with Gasteiger partial charge in [0.1, 0.15) is 11.6 Å². The molecule has 3 aromatic heterocycles. The second-order valence-corrected chi connectivity index (χ2v) is 7.09. The van der Waals surface area contributed by atoms with Crippen molar-refractivity contribution < 1.29 is 0 Å². The van der Waals surface area contributed by atoms with E-state index in [9.17, 15) is 0 Å². The standard InChI is InChI=1S/C18H22N8/c1-13-17(20-8-7-19-13)25-11-5-14(6-12-25)18-22-21-15-3-4-16(23-26(15)18)24-9-2-10-24/h3-4,7-8,14H,2,5-6,9-12H2,1H3. The van der Waals surface area contributed by atoms with Crippen LogP contribution in [0.4, 0.5) is 11.6 Å². The minimum atomic E-state index is 0.373. The van der Waals surface area contributed by atoms with E-state index in [1.165, 1.54) is 6.42 Å². The summed E-state index contributed by atoms with van der Waals surface area (Å²) in [5.41, 5.74) is 1.82. The van der Waals surface area contributed by atoms with Crippen LogP contribution in [-0.4, -0.2) is 56.0 Å². The summed E-state index contributed by atoms with van der Waals surface area (Å²) in [4.78, 5) is 13.5. The van der Waals surface area contributed by atoms with Crippen molar-refractivity contribution in [1.82, 2.24) is 29.8 Å². The fourth-order valence-electron chi connectivity index (χ4n) is 3.82. The van der Waals surface area contributed by atoms with Crippen molar-refractivity contribution in [1.29, 1.82) is 0 Å². The van der Waals surface area contributed by atoms with Gasteiger partial charge < -0.3 is 9.80 Å². The van der Waals surface area contributed by atoms with Gasteiger partial charge in [-0.3, -0.25) is 4.98 Å². The molecule has 2 aliphatic heterocycles. The summed E-state index contributed by atoms with van der Waals surface area (Å²) >= 11 is 0. The summed E-state index contributed by atoms with van der Waals surface area (Å²) in [5.74, 6) is 3.38. The normalized spacial score (nSPS) is 18.3. The van der Waals surface area contributed by atoms with Crippen LogP contribution < -0.4 is 9.80 Å². The SMILES string of the molecule is Cc1nccnc1N1CCC(c2nnc3ccc(N4CCC4)nn23)CC1. The molecule has 5 heterocycles. The van der Waals surface area contributed by atoms with E-state index in [1.807, 2.05) is 23.6 Å². The molecule has 0 N–H and O–H groups in total. The molecule has 2 fully saturated rings. The van der Waals surface area contributed by atoms with Crippen molar-refractivity contribution in [2.24, 2.45) is 0 Å². The summed E-state index contributed by atoms with van der Waals surface area (Å²) in [6.45, 7) is 6.09. The summed E-state index contributed by atoms with van der Waals surface area (Å²) in [6.07, 6.45) is 6.80. The Kier molecular flexibility index (Phi) is 3.69. The Labute approximate surface area is 151 Å². The lowest BCUT2D eigenvalue weighted by atomic mass is 9.96. The van der Waals surface area contributed by atoms with Gasteiger partial charge in [0.25, 0.3) is 0 Å². The summed E-state index contributed by atoms with van der Waals surface area (Å²) in [5, 5.41) is 13.6. The number of rotatable bonds is 3. The van der Waals surface area contributed by atoms with E-state index in [1.54, 1.807) is 12.4 Å². The molecule has 0 bridgehead atoms. The Hall–Kier alpha value is -2.77. The number of hydrogen-bond acceptors (Lipinski definition) is 7. The highest BCUT2D eigenvalue weighted by molar-refractivity contribution is 5.47. The maximum atomic E-state index is 4.81. The molecule has 134 valence electrons. The molecule has 0 saturated carbocycles. The highest BCUT2D eigenvalue weighted by Gasteiger charge is 2.27. The molecule has 0 atom stereocenters. The molecule has 0 unspecified atom stereocenters. The molecule has 5 rings (SSSR count). The van der Waals surface area contributed by atoms with E-state index in [0.717, 1.165) is 67.8 Å². The number of anilines is 2. The maximum absolute atomic E-state index is 4.81. The minimum absolute atomic E-state index is 0.373. The number of aryl methyl sites for hydroxylation is 1. The Morgan fingerprint density at radius 3 is 2.46 bits per heavy atom. The number of fused-ring (bicyclic) bond motifs is 1. The molecule has 0 aliphatic carbocycles. The second-order valence-electron chi connectivity index (χ2n) is 7.09. The van der Waals surface area contributed by atoms with Gasteiger partial charge in [-0.05, 0) is 38.3 Å². The van der Waals surface area contributed by atoms with Crippen LogP contribution in [0.1, 0.15) is 36.7 Å². The third kappa shape index (κ3) is 2.56. The van der Waals surface area contributed by atoms with Gasteiger partial charge in [-0.15, -0.1) is 15.3 Å². The van der Waals surface area contributed by atoms with Crippen molar-refractivity contribution >= 4 is 17.3 Å². The number of hydrogen-bond donors (Lipinski definition) is 0.